The second-order valence-corrected chi connectivity index (χ2v) is 6.35. The van der Waals surface area contributed by atoms with Gasteiger partial charge in [0.05, 0.1) is 5.69 Å². The highest BCUT2D eigenvalue weighted by Gasteiger charge is 2.23. The minimum Gasteiger partial charge on any atom is -0.398 e. The summed E-state index contributed by atoms with van der Waals surface area (Å²) in [7, 11) is -1.88. The summed E-state index contributed by atoms with van der Waals surface area (Å²) in [5, 5.41) is 0. The van der Waals surface area contributed by atoms with E-state index in [9.17, 15) is 8.42 Å². The number of nitrogens with two attached hydrogens (primary N) is 1. The third-order valence-corrected chi connectivity index (χ3v) is 4.77. The van der Waals surface area contributed by atoms with Crippen molar-refractivity contribution in [2.45, 2.75) is 25.2 Å². The number of nitrogens with zero attached hydrogens (tertiary/aromatic N) is 1. The Bertz CT molecular complexity index is 471. The topological polar surface area (TPSA) is 63.4 Å². The smallest absolute Gasteiger partial charge is 0.244 e. The quantitative estimate of drug-likeness (QED) is 0.819. The molecule has 0 saturated heterocycles. The summed E-state index contributed by atoms with van der Waals surface area (Å²) in [4.78, 5) is 0.186. The van der Waals surface area contributed by atoms with Crippen LogP contribution in [0.2, 0.25) is 0 Å². The lowest BCUT2D eigenvalue weighted by Gasteiger charge is -2.21. The van der Waals surface area contributed by atoms with Crippen LogP contribution in [0.1, 0.15) is 20.3 Å². The van der Waals surface area contributed by atoms with Crippen molar-refractivity contribution in [1.82, 2.24) is 4.31 Å². The summed E-state index contributed by atoms with van der Waals surface area (Å²) in [6, 6.07) is 6.55. The van der Waals surface area contributed by atoms with E-state index in [2.05, 4.69) is 0 Å². The minimum atomic E-state index is -3.47. The second-order valence-electron chi connectivity index (χ2n) is 4.34. The summed E-state index contributed by atoms with van der Waals surface area (Å²) in [6.07, 6.45) is 0.949. The van der Waals surface area contributed by atoms with Crippen LogP contribution in [-0.2, 0) is 10.0 Å². The molecule has 1 aromatic rings. The van der Waals surface area contributed by atoms with E-state index in [0.29, 0.717) is 18.2 Å². The molecular formula is C12H20N2O2S. The first kappa shape index (κ1) is 14.0. The van der Waals surface area contributed by atoms with E-state index >= 15 is 0 Å². The summed E-state index contributed by atoms with van der Waals surface area (Å²) >= 11 is 0. The van der Waals surface area contributed by atoms with Crippen molar-refractivity contribution in [3.8, 4) is 0 Å². The lowest BCUT2D eigenvalue weighted by molar-refractivity contribution is 0.394. The molecule has 0 heterocycles. The molecule has 0 radical (unpaired) electrons. The van der Waals surface area contributed by atoms with Gasteiger partial charge in [0.25, 0.3) is 0 Å². The van der Waals surface area contributed by atoms with Crippen molar-refractivity contribution in [1.29, 1.82) is 0 Å². The molecule has 0 aromatic heterocycles. The maximum Gasteiger partial charge on any atom is 0.244 e. The molecule has 5 heteroatoms. The standard InChI is InChI=1S/C12H20N2O2S/c1-4-10(2)9-14(3)17(15,16)12-8-6-5-7-11(12)13/h5-8,10H,4,9,13H2,1-3H3. The zero-order valence-corrected chi connectivity index (χ0v) is 11.4. The molecule has 4 nitrogen and oxygen atoms in total. The Hall–Kier alpha value is -1.07. The molecule has 0 bridgehead atoms. The van der Waals surface area contributed by atoms with Crippen molar-refractivity contribution in [3.63, 3.8) is 0 Å². The van der Waals surface area contributed by atoms with Gasteiger partial charge in [-0.15, -0.1) is 0 Å². The summed E-state index contributed by atoms with van der Waals surface area (Å²) in [5.74, 6) is 0.333. The van der Waals surface area contributed by atoms with Crippen LogP contribution in [0.15, 0.2) is 29.2 Å². The van der Waals surface area contributed by atoms with Gasteiger partial charge in [-0.1, -0.05) is 32.4 Å². The summed E-state index contributed by atoms with van der Waals surface area (Å²) < 4.78 is 25.9. The number of rotatable bonds is 5. The average Bonchev–Trinajstić information content (AvgIpc) is 2.29. The Kier molecular flexibility index (Phi) is 4.54. The molecule has 1 atom stereocenters. The number of hydrogen-bond donors (Lipinski definition) is 1. The highest BCUT2D eigenvalue weighted by molar-refractivity contribution is 7.89. The van der Waals surface area contributed by atoms with Gasteiger partial charge in [-0.3, -0.25) is 0 Å². The number of hydrogen-bond acceptors (Lipinski definition) is 3. The third-order valence-electron chi connectivity index (χ3n) is 2.87. The number of sulfonamides is 1. The summed E-state index contributed by atoms with van der Waals surface area (Å²) in [5.41, 5.74) is 6.00. The van der Waals surface area contributed by atoms with E-state index < -0.39 is 10.0 Å². The van der Waals surface area contributed by atoms with Gasteiger partial charge in [0.1, 0.15) is 4.90 Å². The van der Waals surface area contributed by atoms with E-state index in [0.717, 1.165) is 6.42 Å². The highest BCUT2D eigenvalue weighted by atomic mass is 32.2. The fraction of sp³-hybridized carbons (Fsp3) is 0.500. The molecule has 17 heavy (non-hydrogen) atoms. The predicted octanol–water partition coefficient (Wildman–Crippen LogP) is 1.94. The lowest BCUT2D eigenvalue weighted by Crippen LogP contribution is -2.31. The lowest BCUT2D eigenvalue weighted by atomic mass is 10.1. The largest absolute Gasteiger partial charge is 0.398 e. The van der Waals surface area contributed by atoms with Gasteiger partial charge in [-0.25, -0.2) is 12.7 Å². The predicted molar refractivity (Wildman–Crippen MR) is 70.1 cm³/mol. The second kappa shape index (κ2) is 5.51. The first-order valence-corrected chi connectivity index (χ1v) is 7.14. The molecule has 0 aliphatic carbocycles. The van der Waals surface area contributed by atoms with Gasteiger partial charge in [-0.05, 0) is 18.1 Å². The Balaban J connectivity index is 3.00. The molecule has 1 aromatic carbocycles. The molecule has 0 aliphatic rings. The average molecular weight is 256 g/mol. The maximum atomic E-state index is 12.3. The van der Waals surface area contributed by atoms with Gasteiger partial charge in [0.2, 0.25) is 10.0 Å². The van der Waals surface area contributed by atoms with Crippen LogP contribution in [0.25, 0.3) is 0 Å². The minimum absolute atomic E-state index is 0.186. The van der Waals surface area contributed by atoms with E-state index in [1.807, 2.05) is 13.8 Å². The molecule has 0 amide bonds. The van der Waals surface area contributed by atoms with Crippen molar-refractivity contribution in [2.75, 3.05) is 19.3 Å². The SMILES string of the molecule is CCC(C)CN(C)S(=O)(=O)c1ccccc1N. The molecule has 96 valence electrons. The highest BCUT2D eigenvalue weighted by Crippen LogP contribution is 2.21. The number of benzene rings is 1. The normalized spacial score (nSPS) is 13.9. The van der Waals surface area contributed by atoms with Crippen molar-refractivity contribution < 1.29 is 8.42 Å². The van der Waals surface area contributed by atoms with Crippen molar-refractivity contribution in [2.24, 2.45) is 5.92 Å². The molecule has 1 unspecified atom stereocenters. The van der Waals surface area contributed by atoms with Crippen LogP contribution >= 0.6 is 0 Å². The molecule has 0 fully saturated rings. The molecule has 0 aliphatic heterocycles. The van der Waals surface area contributed by atoms with Crippen LogP contribution in [0.3, 0.4) is 0 Å². The monoisotopic (exact) mass is 256 g/mol. The Labute approximate surface area is 103 Å². The van der Waals surface area contributed by atoms with Gasteiger partial charge in [0.15, 0.2) is 0 Å². The van der Waals surface area contributed by atoms with Gasteiger partial charge in [0, 0.05) is 13.6 Å². The Morgan fingerprint density at radius 2 is 1.94 bits per heavy atom. The van der Waals surface area contributed by atoms with E-state index in [4.69, 9.17) is 5.73 Å². The van der Waals surface area contributed by atoms with E-state index in [1.165, 1.54) is 10.4 Å². The van der Waals surface area contributed by atoms with Crippen LogP contribution in [-0.4, -0.2) is 26.3 Å². The molecular weight excluding hydrogens is 236 g/mol. The first-order chi connectivity index (χ1) is 7.89. The van der Waals surface area contributed by atoms with Crippen LogP contribution in [0, 0.1) is 5.92 Å². The van der Waals surface area contributed by atoms with Gasteiger partial charge in [-0.2, -0.15) is 0 Å². The Morgan fingerprint density at radius 3 is 2.47 bits per heavy atom. The number of anilines is 1. The zero-order valence-electron chi connectivity index (χ0n) is 10.6. The maximum absolute atomic E-state index is 12.3. The van der Waals surface area contributed by atoms with Crippen LogP contribution in [0.4, 0.5) is 5.69 Å². The van der Waals surface area contributed by atoms with Crippen LogP contribution in [0.5, 0.6) is 0 Å². The fourth-order valence-corrected chi connectivity index (χ4v) is 2.95. The molecule has 0 spiro atoms. The Morgan fingerprint density at radius 1 is 1.35 bits per heavy atom. The molecule has 0 saturated carbocycles. The molecule has 1 rings (SSSR count). The third kappa shape index (κ3) is 3.20. The van der Waals surface area contributed by atoms with Crippen molar-refractivity contribution in [3.05, 3.63) is 24.3 Å². The fourth-order valence-electron chi connectivity index (χ4n) is 1.55. The van der Waals surface area contributed by atoms with Gasteiger partial charge < -0.3 is 5.73 Å². The van der Waals surface area contributed by atoms with Crippen LogP contribution < -0.4 is 5.73 Å². The zero-order chi connectivity index (χ0) is 13.1. The van der Waals surface area contributed by atoms with E-state index in [1.54, 1.807) is 25.2 Å². The first-order valence-electron chi connectivity index (χ1n) is 5.70. The molecule has 2 N–H and O–H groups in total. The number of nitrogen functional groups attached to an aromatic ring is 1. The number of para-hydroxylation sites is 1. The van der Waals surface area contributed by atoms with Gasteiger partial charge >= 0.3 is 0 Å². The van der Waals surface area contributed by atoms with Crippen molar-refractivity contribution >= 4 is 15.7 Å². The summed E-state index contributed by atoms with van der Waals surface area (Å²) in [6.45, 7) is 4.58. The van der Waals surface area contributed by atoms with E-state index in [-0.39, 0.29) is 4.90 Å².